The average Bonchev–Trinajstić information content (AvgIpc) is 2.51. The van der Waals surface area contributed by atoms with Gasteiger partial charge in [0.25, 0.3) is 6.01 Å². The number of ether oxygens (including phenoxy) is 1. The normalized spacial score (nSPS) is 26.3. The van der Waals surface area contributed by atoms with E-state index in [4.69, 9.17) is 4.74 Å². The summed E-state index contributed by atoms with van der Waals surface area (Å²) < 4.78 is 19.0. The number of benzene rings is 1. The maximum atomic E-state index is 13.6. The van der Waals surface area contributed by atoms with E-state index in [-0.39, 0.29) is 12.1 Å². The Kier molecular flexibility index (Phi) is 4.14. The Balaban J connectivity index is 1.70. The van der Waals surface area contributed by atoms with E-state index in [1.807, 2.05) is 0 Å². The third-order valence-electron chi connectivity index (χ3n) is 4.78. The van der Waals surface area contributed by atoms with Gasteiger partial charge >= 0.3 is 0 Å². The number of rotatable bonds is 2. The van der Waals surface area contributed by atoms with Crippen LogP contribution in [-0.4, -0.2) is 0 Å². The first-order valence-electron chi connectivity index (χ1n) is 7.91. The predicted molar refractivity (Wildman–Crippen MR) is 83.7 cm³/mol. The first kappa shape index (κ1) is 14.4. The van der Waals surface area contributed by atoms with Crippen LogP contribution in [0.4, 0.5) is 4.39 Å². The van der Waals surface area contributed by atoms with E-state index < -0.39 is 0 Å². The summed E-state index contributed by atoms with van der Waals surface area (Å²) in [5, 5.41) is 0. The lowest BCUT2D eigenvalue weighted by atomic mass is 9.84. The molecule has 0 spiro atoms. The summed E-state index contributed by atoms with van der Waals surface area (Å²) >= 11 is 0. The van der Waals surface area contributed by atoms with Gasteiger partial charge in [-0.15, -0.1) is 0 Å². The van der Waals surface area contributed by atoms with Gasteiger partial charge in [-0.1, -0.05) is 35.9 Å². The monoisotopic (exact) mass is 286 g/mol. The van der Waals surface area contributed by atoms with Crippen LogP contribution in [0.2, 0.25) is 0 Å². The second-order valence-corrected chi connectivity index (χ2v) is 6.39. The molecule has 1 heterocycles. The molecule has 0 saturated heterocycles. The summed E-state index contributed by atoms with van der Waals surface area (Å²) in [4.78, 5) is 0. The highest BCUT2D eigenvalue weighted by molar-refractivity contribution is 5.29. The van der Waals surface area contributed by atoms with Gasteiger partial charge in [-0.05, 0) is 68.6 Å². The van der Waals surface area contributed by atoms with Crippen molar-refractivity contribution in [3.63, 3.8) is 0 Å². The lowest BCUT2D eigenvalue weighted by molar-refractivity contribution is 0.0442. The number of hydrogen-bond acceptors (Lipinski definition) is 1. The molecular formula is C19H23FO. The highest BCUT2D eigenvalue weighted by atomic mass is 19.1. The molecule has 2 unspecified atom stereocenters. The maximum absolute atomic E-state index is 13.6. The third-order valence-corrected chi connectivity index (χ3v) is 4.78. The van der Waals surface area contributed by atoms with Crippen LogP contribution in [-0.2, 0) is 4.74 Å². The molecule has 1 aliphatic heterocycles. The topological polar surface area (TPSA) is 9.23 Å². The lowest BCUT2D eigenvalue weighted by Crippen LogP contribution is -2.10. The van der Waals surface area contributed by atoms with Crippen LogP contribution in [0, 0.1) is 0 Å². The molecule has 1 aromatic rings. The summed E-state index contributed by atoms with van der Waals surface area (Å²) in [5.41, 5.74) is 4.72. The van der Waals surface area contributed by atoms with Crippen molar-refractivity contribution in [3.8, 4) is 0 Å². The zero-order chi connectivity index (χ0) is 14.8. The van der Waals surface area contributed by atoms with Crippen LogP contribution in [0.3, 0.4) is 0 Å². The van der Waals surface area contributed by atoms with Crippen molar-refractivity contribution in [2.24, 2.45) is 0 Å². The Hall–Kier alpha value is -1.57. The fourth-order valence-electron chi connectivity index (χ4n) is 3.22. The van der Waals surface area contributed by atoms with E-state index in [1.165, 1.54) is 24.0 Å². The first-order valence-corrected chi connectivity index (χ1v) is 7.91. The molecule has 1 aromatic carbocycles. The number of allylic oxidation sites excluding steroid dienone is 3. The summed E-state index contributed by atoms with van der Waals surface area (Å²) in [5.74, 6) is 0.633. The van der Waals surface area contributed by atoms with Crippen LogP contribution in [0.25, 0.3) is 0 Å². The minimum atomic E-state index is -0.386. The van der Waals surface area contributed by atoms with E-state index in [0.29, 0.717) is 5.92 Å². The Morgan fingerprint density at radius 3 is 2.33 bits per heavy atom. The van der Waals surface area contributed by atoms with E-state index in [2.05, 4.69) is 37.3 Å². The molecule has 112 valence electrons. The summed E-state index contributed by atoms with van der Waals surface area (Å²) in [6, 6.07) is 8.23. The molecule has 2 atom stereocenters. The highest BCUT2D eigenvalue weighted by Gasteiger charge is 2.22. The van der Waals surface area contributed by atoms with Crippen LogP contribution < -0.4 is 0 Å². The van der Waals surface area contributed by atoms with Crippen molar-refractivity contribution in [1.82, 2.24) is 0 Å². The fraction of sp³-hybridized carbons (Fsp3) is 0.474. The first-order chi connectivity index (χ1) is 10.1. The molecule has 21 heavy (non-hydrogen) atoms. The van der Waals surface area contributed by atoms with Crippen molar-refractivity contribution in [2.75, 3.05) is 0 Å². The Bertz CT molecular complexity index is 568. The van der Waals surface area contributed by atoms with Crippen LogP contribution >= 0.6 is 0 Å². The van der Waals surface area contributed by atoms with Gasteiger partial charge < -0.3 is 4.74 Å². The van der Waals surface area contributed by atoms with E-state index >= 15 is 0 Å². The smallest absolute Gasteiger partial charge is 0.272 e. The molecule has 0 bridgehead atoms. The number of hydrogen-bond donors (Lipinski definition) is 0. The summed E-state index contributed by atoms with van der Waals surface area (Å²) in [7, 11) is 0. The van der Waals surface area contributed by atoms with Crippen LogP contribution in [0.5, 0.6) is 0 Å². The molecule has 3 rings (SSSR count). The van der Waals surface area contributed by atoms with E-state index in [9.17, 15) is 4.39 Å². The molecule has 1 nitrogen and oxygen atoms in total. The Morgan fingerprint density at radius 1 is 1.00 bits per heavy atom. The molecule has 0 saturated carbocycles. The molecule has 2 heteroatoms. The van der Waals surface area contributed by atoms with Gasteiger partial charge in [0.1, 0.15) is 6.10 Å². The molecule has 1 aliphatic carbocycles. The van der Waals surface area contributed by atoms with E-state index in [0.717, 1.165) is 30.4 Å². The summed E-state index contributed by atoms with van der Waals surface area (Å²) in [6.07, 6.45) is 7.45. The van der Waals surface area contributed by atoms with Gasteiger partial charge in [-0.25, -0.2) is 0 Å². The third kappa shape index (κ3) is 3.20. The van der Waals surface area contributed by atoms with Gasteiger partial charge in [0.2, 0.25) is 0 Å². The Morgan fingerprint density at radius 2 is 1.71 bits per heavy atom. The van der Waals surface area contributed by atoms with Crippen molar-refractivity contribution >= 4 is 0 Å². The van der Waals surface area contributed by atoms with Crippen molar-refractivity contribution in [1.29, 1.82) is 0 Å². The van der Waals surface area contributed by atoms with Crippen molar-refractivity contribution < 1.29 is 9.13 Å². The molecule has 0 N–H and O–H groups in total. The zero-order valence-electron chi connectivity index (χ0n) is 12.9. The standard InChI is InChI=1S/C19H23FO/c1-13-3-6-15(7-4-13)16-8-10-17(11-9-16)18-12-5-14(2)19(20)21-18/h3,8-11,15,18H,4-7,12H2,1-2H3. The minimum absolute atomic E-state index is 0.128. The molecule has 0 radical (unpaired) electrons. The van der Waals surface area contributed by atoms with Gasteiger partial charge in [-0.2, -0.15) is 4.39 Å². The molecule has 0 aromatic heterocycles. The zero-order valence-corrected chi connectivity index (χ0v) is 12.9. The summed E-state index contributed by atoms with van der Waals surface area (Å²) in [6.45, 7) is 4.01. The fourth-order valence-corrected chi connectivity index (χ4v) is 3.22. The minimum Gasteiger partial charge on any atom is -0.463 e. The highest BCUT2D eigenvalue weighted by Crippen LogP contribution is 2.36. The molecule has 0 fully saturated rings. The van der Waals surface area contributed by atoms with Gasteiger partial charge in [-0.3, -0.25) is 0 Å². The molecule has 2 aliphatic rings. The second-order valence-electron chi connectivity index (χ2n) is 6.39. The SMILES string of the molecule is CC1=CCC(c2ccc(C3CCC(C)=C(F)O3)cc2)CC1. The Labute approximate surface area is 126 Å². The number of halogens is 1. The van der Waals surface area contributed by atoms with Gasteiger partial charge in [0.05, 0.1) is 0 Å². The lowest BCUT2D eigenvalue weighted by Gasteiger charge is -2.25. The largest absolute Gasteiger partial charge is 0.463 e. The molecular weight excluding hydrogens is 263 g/mol. The van der Waals surface area contributed by atoms with Gasteiger partial charge in [0.15, 0.2) is 0 Å². The average molecular weight is 286 g/mol. The second kappa shape index (κ2) is 6.05. The van der Waals surface area contributed by atoms with E-state index in [1.54, 1.807) is 6.92 Å². The van der Waals surface area contributed by atoms with Crippen molar-refractivity contribution in [2.45, 2.75) is 58.0 Å². The maximum Gasteiger partial charge on any atom is 0.272 e. The predicted octanol–water partition coefficient (Wildman–Crippen LogP) is 5.95. The quantitative estimate of drug-likeness (QED) is 0.610. The van der Waals surface area contributed by atoms with Crippen LogP contribution in [0.15, 0.2) is 47.5 Å². The molecule has 0 amide bonds. The van der Waals surface area contributed by atoms with Crippen LogP contribution in [0.1, 0.15) is 69.1 Å². The van der Waals surface area contributed by atoms with Gasteiger partial charge in [0, 0.05) is 0 Å². The van der Waals surface area contributed by atoms with Crippen molar-refractivity contribution in [3.05, 3.63) is 58.6 Å².